The van der Waals surface area contributed by atoms with Crippen molar-refractivity contribution in [3.05, 3.63) is 52.5 Å². The standard InChI is InChI=1S/C14H12BrNO5S/c1-21-12-6-5-10(15)8-13(12)22(19,20)16-11-4-2-3-9(7-11)14(17)18/h2-8,16H,1H3,(H,17,18)/p-1. The van der Waals surface area contributed by atoms with E-state index in [1.54, 1.807) is 6.07 Å². The van der Waals surface area contributed by atoms with Crippen LogP contribution in [0.5, 0.6) is 5.75 Å². The predicted octanol–water partition coefficient (Wildman–Crippen LogP) is 1.62. The van der Waals surface area contributed by atoms with E-state index < -0.39 is 16.0 Å². The molecule has 0 amide bonds. The first-order valence-corrected chi connectivity index (χ1v) is 8.29. The highest BCUT2D eigenvalue weighted by molar-refractivity contribution is 9.10. The van der Waals surface area contributed by atoms with Crippen LogP contribution in [0.2, 0.25) is 0 Å². The summed E-state index contributed by atoms with van der Waals surface area (Å²) in [6.45, 7) is 0. The molecule has 2 aromatic rings. The van der Waals surface area contributed by atoms with Gasteiger partial charge in [-0.3, -0.25) is 4.72 Å². The quantitative estimate of drug-likeness (QED) is 0.844. The third-order valence-corrected chi connectivity index (χ3v) is 4.66. The molecule has 0 saturated heterocycles. The molecule has 0 aliphatic rings. The van der Waals surface area contributed by atoms with E-state index in [4.69, 9.17) is 4.74 Å². The highest BCUT2D eigenvalue weighted by Crippen LogP contribution is 2.29. The summed E-state index contributed by atoms with van der Waals surface area (Å²) >= 11 is 3.20. The van der Waals surface area contributed by atoms with E-state index in [1.165, 1.54) is 43.5 Å². The zero-order valence-corrected chi connectivity index (χ0v) is 13.8. The molecule has 0 aliphatic carbocycles. The van der Waals surface area contributed by atoms with Crippen molar-refractivity contribution >= 4 is 37.6 Å². The Morgan fingerprint density at radius 1 is 1.23 bits per heavy atom. The van der Waals surface area contributed by atoms with Crippen molar-refractivity contribution in [1.29, 1.82) is 0 Å². The smallest absolute Gasteiger partial charge is 0.265 e. The normalized spacial score (nSPS) is 11.0. The van der Waals surface area contributed by atoms with E-state index in [1.807, 2.05) is 0 Å². The molecule has 0 radical (unpaired) electrons. The number of anilines is 1. The number of hydrogen-bond acceptors (Lipinski definition) is 5. The van der Waals surface area contributed by atoms with Gasteiger partial charge in [0, 0.05) is 10.2 Å². The Balaban J connectivity index is 2.42. The molecule has 22 heavy (non-hydrogen) atoms. The average Bonchev–Trinajstić information content (AvgIpc) is 2.47. The van der Waals surface area contributed by atoms with Crippen LogP contribution >= 0.6 is 15.9 Å². The number of carboxylic acid groups (broad SMARTS) is 1. The Hall–Kier alpha value is -2.06. The van der Waals surface area contributed by atoms with Crippen LogP contribution in [0.3, 0.4) is 0 Å². The minimum atomic E-state index is -3.94. The molecule has 6 nitrogen and oxygen atoms in total. The number of hydrogen-bond donors (Lipinski definition) is 1. The predicted molar refractivity (Wildman–Crippen MR) is 82.3 cm³/mol. The monoisotopic (exact) mass is 384 g/mol. The lowest BCUT2D eigenvalue weighted by atomic mass is 10.2. The van der Waals surface area contributed by atoms with Gasteiger partial charge in [0.25, 0.3) is 10.0 Å². The van der Waals surface area contributed by atoms with E-state index in [9.17, 15) is 18.3 Å². The molecule has 8 heteroatoms. The Morgan fingerprint density at radius 2 is 1.95 bits per heavy atom. The number of nitrogens with one attached hydrogen (secondary N) is 1. The van der Waals surface area contributed by atoms with E-state index in [0.717, 1.165) is 0 Å². The van der Waals surface area contributed by atoms with Crippen molar-refractivity contribution in [2.24, 2.45) is 0 Å². The van der Waals surface area contributed by atoms with E-state index in [0.29, 0.717) is 4.47 Å². The summed E-state index contributed by atoms with van der Waals surface area (Å²) < 4.78 is 32.8. The van der Waals surface area contributed by atoms with Gasteiger partial charge in [0.1, 0.15) is 10.6 Å². The maximum Gasteiger partial charge on any atom is 0.265 e. The van der Waals surface area contributed by atoms with Gasteiger partial charge in [-0.15, -0.1) is 0 Å². The summed E-state index contributed by atoms with van der Waals surface area (Å²) in [5.41, 5.74) is -0.00913. The number of aromatic carboxylic acids is 1. The van der Waals surface area contributed by atoms with E-state index >= 15 is 0 Å². The molecule has 0 unspecified atom stereocenters. The van der Waals surface area contributed by atoms with Crippen LogP contribution in [-0.4, -0.2) is 21.5 Å². The zero-order valence-electron chi connectivity index (χ0n) is 11.4. The second-order valence-corrected chi connectivity index (χ2v) is 6.84. The van der Waals surface area contributed by atoms with E-state index in [2.05, 4.69) is 20.7 Å². The van der Waals surface area contributed by atoms with Crippen LogP contribution in [0.4, 0.5) is 5.69 Å². The Kier molecular flexibility index (Phi) is 4.72. The number of halogens is 1. The lowest BCUT2D eigenvalue weighted by Gasteiger charge is -2.13. The minimum Gasteiger partial charge on any atom is -0.545 e. The summed E-state index contributed by atoms with van der Waals surface area (Å²) in [7, 11) is -2.58. The van der Waals surface area contributed by atoms with Gasteiger partial charge >= 0.3 is 0 Å². The van der Waals surface area contributed by atoms with Crippen LogP contribution in [0.15, 0.2) is 51.8 Å². The number of rotatable bonds is 5. The van der Waals surface area contributed by atoms with Gasteiger partial charge in [0.2, 0.25) is 0 Å². The van der Waals surface area contributed by atoms with Crippen LogP contribution in [0.1, 0.15) is 10.4 Å². The number of sulfonamides is 1. The third-order valence-electron chi connectivity index (χ3n) is 2.77. The van der Waals surface area contributed by atoms with Crippen molar-refractivity contribution < 1.29 is 23.1 Å². The lowest BCUT2D eigenvalue weighted by molar-refractivity contribution is -0.255. The van der Waals surface area contributed by atoms with Crippen molar-refractivity contribution in [3.8, 4) is 5.75 Å². The molecule has 0 bridgehead atoms. The SMILES string of the molecule is COc1ccc(Br)cc1S(=O)(=O)Nc1cccc(C(=O)[O-])c1. The zero-order chi connectivity index (χ0) is 16.3. The Morgan fingerprint density at radius 3 is 2.59 bits per heavy atom. The summed E-state index contributed by atoms with van der Waals surface area (Å²) in [5.74, 6) is -1.21. The molecule has 1 N–H and O–H groups in total. The van der Waals surface area contributed by atoms with Gasteiger partial charge in [-0.05, 0) is 35.9 Å². The van der Waals surface area contributed by atoms with Crippen LogP contribution in [0, 0.1) is 0 Å². The van der Waals surface area contributed by atoms with E-state index in [-0.39, 0.29) is 21.9 Å². The van der Waals surface area contributed by atoms with Crippen LogP contribution in [0.25, 0.3) is 0 Å². The topological polar surface area (TPSA) is 95.5 Å². The molecular formula is C14H11BrNO5S-. The summed E-state index contributed by atoms with van der Waals surface area (Å²) in [5, 5.41) is 10.8. The molecule has 2 rings (SSSR count). The fourth-order valence-corrected chi connectivity index (χ4v) is 3.54. The summed E-state index contributed by atoms with van der Waals surface area (Å²) in [4.78, 5) is 10.8. The first-order chi connectivity index (χ1) is 10.3. The minimum absolute atomic E-state index is 0.0665. The van der Waals surface area contributed by atoms with Crippen LogP contribution < -0.4 is 14.6 Å². The molecule has 0 heterocycles. The number of carbonyl (C=O) groups is 1. The van der Waals surface area contributed by atoms with Crippen molar-refractivity contribution in [2.45, 2.75) is 4.90 Å². The molecule has 0 fully saturated rings. The van der Waals surface area contributed by atoms with Crippen molar-refractivity contribution in [2.75, 3.05) is 11.8 Å². The molecule has 0 saturated carbocycles. The highest BCUT2D eigenvalue weighted by Gasteiger charge is 2.20. The molecule has 0 spiro atoms. The molecule has 0 atom stereocenters. The van der Waals surface area contributed by atoms with Gasteiger partial charge in [-0.2, -0.15) is 0 Å². The number of ether oxygens (including phenoxy) is 1. The number of carboxylic acids is 1. The maximum atomic E-state index is 12.4. The van der Waals surface area contributed by atoms with Crippen molar-refractivity contribution in [3.63, 3.8) is 0 Å². The first-order valence-electron chi connectivity index (χ1n) is 6.01. The molecule has 2 aromatic carbocycles. The summed E-state index contributed by atoms with van der Waals surface area (Å²) in [6, 6.07) is 9.90. The first kappa shape index (κ1) is 16.3. The maximum absolute atomic E-state index is 12.4. The highest BCUT2D eigenvalue weighted by atomic mass is 79.9. The molecule has 0 aliphatic heterocycles. The third kappa shape index (κ3) is 3.58. The lowest BCUT2D eigenvalue weighted by Crippen LogP contribution is -2.22. The summed E-state index contributed by atoms with van der Waals surface area (Å²) in [6.07, 6.45) is 0. The fourth-order valence-electron chi connectivity index (χ4n) is 1.78. The Bertz CT molecular complexity index is 820. The Labute approximate surface area is 135 Å². The second-order valence-electron chi connectivity index (χ2n) is 4.27. The van der Waals surface area contributed by atoms with Gasteiger partial charge in [-0.25, -0.2) is 8.42 Å². The number of benzene rings is 2. The number of methoxy groups -OCH3 is 1. The van der Waals surface area contributed by atoms with Gasteiger partial charge in [0.15, 0.2) is 0 Å². The second kappa shape index (κ2) is 6.37. The van der Waals surface area contributed by atoms with Gasteiger partial charge in [0.05, 0.1) is 13.1 Å². The fraction of sp³-hybridized carbons (Fsp3) is 0.0714. The van der Waals surface area contributed by atoms with Gasteiger partial charge in [-0.1, -0.05) is 28.1 Å². The molecular weight excluding hydrogens is 374 g/mol. The number of carbonyl (C=O) groups excluding carboxylic acids is 1. The van der Waals surface area contributed by atoms with Gasteiger partial charge < -0.3 is 14.6 Å². The largest absolute Gasteiger partial charge is 0.545 e. The molecule has 0 aromatic heterocycles. The van der Waals surface area contributed by atoms with Crippen LogP contribution in [-0.2, 0) is 10.0 Å². The molecule has 116 valence electrons. The van der Waals surface area contributed by atoms with Crippen molar-refractivity contribution in [1.82, 2.24) is 0 Å². The average molecular weight is 385 g/mol.